The topological polar surface area (TPSA) is 57.7 Å². The predicted octanol–water partition coefficient (Wildman–Crippen LogP) is 3.21. The Kier molecular flexibility index (Phi) is 5.61. The molecule has 6 heteroatoms. The minimum absolute atomic E-state index is 0.0543. The van der Waals surface area contributed by atoms with Crippen LogP contribution in [-0.2, 0) is 21.2 Å². The Bertz CT molecular complexity index is 866. The molecule has 5 nitrogen and oxygen atoms in total. The van der Waals surface area contributed by atoms with Crippen LogP contribution >= 0.6 is 0 Å². The van der Waals surface area contributed by atoms with Crippen molar-refractivity contribution in [3.05, 3.63) is 60.2 Å². The lowest BCUT2D eigenvalue weighted by molar-refractivity contribution is -0.118. The number of para-hydroxylation sites is 2. The van der Waals surface area contributed by atoms with Crippen LogP contribution in [0.15, 0.2) is 54.6 Å². The SMILES string of the molecule is CS(=O)(=O)N(CCCC(=O)N1CCCc2ccccc21)c1ccccc1. The first-order valence-corrected chi connectivity index (χ1v) is 10.7. The monoisotopic (exact) mass is 372 g/mol. The molecule has 138 valence electrons. The van der Waals surface area contributed by atoms with Crippen molar-refractivity contribution in [3.8, 4) is 0 Å². The van der Waals surface area contributed by atoms with Crippen molar-refractivity contribution < 1.29 is 13.2 Å². The summed E-state index contributed by atoms with van der Waals surface area (Å²) in [5, 5.41) is 0. The number of rotatable bonds is 6. The van der Waals surface area contributed by atoms with Crippen molar-refractivity contribution >= 4 is 27.3 Å². The molecule has 0 bridgehead atoms. The molecule has 0 radical (unpaired) electrons. The molecule has 1 amide bonds. The minimum Gasteiger partial charge on any atom is -0.312 e. The van der Waals surface area contributed by atoms with E-state index in [9.17, 15) is 13.2 Å². The molecule has 26 heavy (non-hydrogen) atoms. The van der Waals surface area contributed by atoms with E-state index in [4.69, 9.17) is 0 Å². The van der Waals surface area contributed by atoms with Gasteiger partial charge in [0.25, 0.3) is 0 Å². The van der Waals surface area contributed by atoms with Crippen LogP contribution in [0.4, 0.5) is 11.4 Å². The largest absolute Gasteiger partial charge is 0.312 e. The number of anilines is 2. The second-order valence-electron chi connectivity index (χ2n) is 6.55. The second-order valence-corrected chi connectivity index (χ2v) is 8.46. The third-order valence-corrected chi connectivity index (χ3v) is 5.80. The van der Waals surface area contributed by atoms with Gasteiger partial charge in [-0.05, 0) is 43.0 Å². The standard InChI is InChI=1S/C20H24N2O3S/c1-26(24,25)22(18-11-3-2-4-12-18)16-8-14-20(23)21-15-7-10-17-9-5-6-13-19(17)21/h2-6,9,11-13H,7-8,10,14-16H2,1H3. The van der Waals surface area contributed by atoms with Crippen LogP contribution in [0.1, 0.15) is 24.8 Å². The van der Waals surface area contributed by atoms with Crippen molar-refractivity contribution in [3.63, 3.8) is 0 Å². The van der Waals surface area contributed by atoms with Gasteiger partial charge in [-0.1, -0.05) is 36.4 Å². The van der Waals surface area contributed by atoms with Gasteiger partial charge in [-0.2, -0.15) is 0 Å². The molecule has 0 N–H and O–H groups in total. The van der Waals surface area contributed by atoms with E-state index in [0.717, 1.165) is 25.1 Å². The van der Waals surface area contributed by atoms with E-state index in [1.807, 2.05) is 41.3 Å². The van der Waals surface area contributed by atoms with E-state index in [1.165, 1.54) is 16.1 Å². The molecular weight excluding hydrogens is 348 g/mol. The van der Waals surface area contributed by atoms with Crippen molar-refractivity contribution in [2.24, 2.45) is 0 Å². The van der Waals surface area contributed by atoms with Gasteiger partial charge in [0.15, 0.2) is 0 Å². The third kappa shape index (κ3) is 4.25. The fourth-order valence-electron chi connectivity index (χ4n) is 3.38. The minimum atomic E-state index is -3.38. The summed E-state index contributed by atoms with van der Waals surface area (Å²) in [5.41, 5.74) is 2.83. The lowest BCUT2D eigenvalue weighted by Gasteiger charge is -2.30. The second kappa shape index (κ2) is 7.91. The van der Waals surface area contributed by atoms with Crippen molar-refractivity contribution in [1.29, 1.82) is 0 Å². The van der Waals surface area contributed by atoms with Gasteiger partial charge in [0.1, 0.15) is 0 Å². The number of hydrogen-bond donors (Lipinski definition) is 0. The summed E-state index contributed by atoms with van der Waals surface area (Å²) in [5.74, 6) is 0.0543. The van der Waals surface area contributed by atoms with E-state index < -0.39 is 10.0 Å². The lowest BCUT2D eigenvalue weighted by atomic mass is 10.0. The van der Waals surface area contributed by atoms with Gasteiger partial charge in [-0.15, -0.1) is 0 Å². The number of carbonyl (C=O) groups is 1. The van der Waals surface area contributed by atoms with E-state index in [2.05, 4.69) is 6.07 Å². The molecule has 0 spiro atoms. The smallest absolute Gasteiger partial charge is 0.232 e. The normalized spacial score (nSPS) is 14.0. The molecule has 1 heterocycles. The van der Waals surface area contributed by atoms with E-state index >= 15 is 0 Å². The first-order valence-electron chi connectivity index (χ1n) is 8.88. The van der Waals surface area contributed by atoms with E-state index in [-0.39, 0.29) is 5.91 Å². The van der Waals surface area contributed by atoms with Gasteiger partial charge in [0, 0.05) is 25.2 Å². The van der Waals surface area contributed by atoms with Crippen molar-refractivity contribution in [2.45, 2.75) is 25.7 Å². The molecule has 2 aromatic carbocycles. The summed E-state index contributed by atoms with van der Waals surface area (Å²) in [6, 6.07) is 17.0. The van der Waals surface area contributed by atoms with Gasteiger partial charge in [-0.25, -0.2) is 8.42 Å². The lowest BCUT2D eigenvalue weighted by Crippen LogP contribution is -2.36. The number of hydrogen-bond acceptors (Lipinski definition) is 3. The number of sulfonamides is 1. The molecule has 0 atom stereocenters. The summed E-state index contributed by atoms with van der Waals surface area (Å²) >= 11 is 0. The third-order valence-electron chi connectivity index (χ3n) is 4.61. The van der Waals surface area contributed by atoms with E-state index in [1.54, 1.807) is 12.1 Å². The van der Waals surface area contributed by atoms with Gasteiger partial charge in [-0.3, -0.25) is 9.10 Å². The van der Waals surface area contributed by atoms with Crippen molar-refractivity contribution in [1.82, 2.24) is 0 Å². The number of benzene rings is 2. The molecule has 3 rings (SSSR count). The fraction of sp³-hybridized carbons (Fsp3) is 0.350. The molecule has 0 saturated carbocycles. The Hall–Kier alpha value is -2.34. The molecule has 0 unspecified atom stereocenters. The predicted molar refractivity (Wildman–Crippen MR) is 105 cm³/mol. The summed E-state index contributed by atoms with van der Waals surface area (Å²) in [7, 11) is -3.38. The molecular formula is C20H24N2O3S. The zero-order valence-corrected chi connectivity index (χ0v) is 15.8. The first kappa shape index (κ1) is 18.5. The van der Waals surface area contributed by atoms with E-state index in [0.29, 0.717) is 25.1 Å². The Labute approximate surface area is 155 Å². The first-order chi connectivity index (χ1) is 12.5. The molecule has 0 aromatic heterocycles. The highest BCUT2D eigenvalue weighted by Crippen LogP contribution is 2.27. The zero-order valence-electron chi connectivity index (χ0n) is 15.0. The summed E-state index contributed by atoms with van der Waals surface area (Å²) in [6.45, 7) is 1.02. The number of amides is 1. The van der Waals surface area contributed by atoms with Crippen LogP contribution in [-0.4, -0.2) is 33.7 Å². The number of nitrogens with zero attached hydrogens (tertiary/aromatic N) is 2. The molecule has 0 fully saturated rings. The maximum Gasteiger partial charge on any atom is 0.232 e. The Balaban J connectivity index is 1.65. The van der Waals surface area contributed by atoms with Crippen molar-refractivity contribution in [2.75, 3.05) is 28.6 Å². The molecule has 1 aliphatic heterocycles. The van der Waals surface area contributed by atoms with Crippen LogP contribution in [0.5, 0.6) is 0 Å². The Morgan fingerprint density at radius 1 is 1.08 bits per heavy atom. The number of aryl methyl sites for hydroxylation is 1. The summed E-state index contributed by atoms with van der Waals surface area (Å²) in [6.07, 6.45) is 3.97. The molecule has 2 aromatic rings. The quantitative estimate of drug-likeness (QED) is 0.782. The zero-order chi connectivity index (χ0) is 18.6. The van der Waals surface area contributed by atoms with Crippen LogP contribution < -0.4 is 9.21 Å². The highest BCUT2D eigenvalue weighted by atomic mass is 32.2. The molecule has 1 aliphatic rings. The Morgan fingerprint density at radius 3 is 2.50 bits per heavy atom. The highest BCUT2D eigenvalue weighted by Gasteiger charge is 2.23. The molecule has 0 aliphatic carbocycles. The number of fused-ring (bicyclic) bond motifs is 1. The number of carbonyl (C=O) groups excluding carboxylic acids is 1. The van der Waals surface area contributed by atoms with Crippen LogP contribution in [0.25, 0.3) is 0 Å². The van der Waals surface area contributed by atoms with Crippen LogP contribution in [0.3, 0.4) is 0 Å². The van der Waals surface area contributed by atoms with Gasteiger partial charge in [0.2, 0.25) is 15.9 Å². The average molecular weight is 372 g/mol. The van der Waals surface area contributed by atoms with Gasteiger partial charge < -0.3 is 4.90 Å². The van der Waals surface area contributed by atoms with Gasteiger partial charge >= 0.3 is 0 Å². The Morgan fingerprint density at radius 2 is 1.77 bits per heavy atom. The van der Waals surface area contributed by atoms with Crippen LogP contribution in [0.2, 0.25) is 0 Å². The summed E-state index contributed by atoms with van der Waals surface area (Å²) in [4.78, 5) is 14.5. The average Bonchev–Trinajstić information content (AvgIpc) is 2.64. The molecule has 0 saturated heterocycles. The van der Waals surface area contributed by atoms with Gasteiger partial charge in [0.05, 0.1) is 11.9 Å². The van der Waals surface area contributed by atoms with Crippen LogP contribution in [0, 0.1) is 0 Å². The highest BCUT2D eigenvalue weighted by molar-refractivity contribution is 7.92. The fourth-order valence-corrected chi connectivity index (χ4v) is 4.35. The maximum atomic E-state index is 12.7. The maximum absolute atomic E-state index is 12.7. The summed E-state index contributed by atoms with van der Waals surface area (Å²) < 4.78 is 25.6.